The first kappa shape index (κ1) is 31.6. The van der Waals surface area contributed by atoms with Crippen molar-refractivity contribution in [1.82, 2.24) is 0 Å². The molecule has 2 aromatic carbocycles. The molecule has 2 aromatic rings. The Morgan fingerprint density at radius 3 is 1.38 bits per heavy atom. The summed E-state index contributed by atoms with van der Waals surface area (Å²) in [6.07, 6.45) is 0. The minimum absolute atomic E-state index is 0.0771. The lowest BCUT2D eigenvalue weighted by Crippen LogP contribution is -2.23. The Bertz CT molecular complexity index is 1110. The topological polar surface area (TPSA) is 71.1 Å². The third-order valence-corrected chi connectivity index (χ3v) is 7.28. The largest absolute Gasteiger partial charge is 0.489 e. The molecule has 0 atom stereocenters. The molecule has 0 saturated carbocycles. The third kappa shape index (κ3) is 8.70. The second-order valence-electron chi connectivity index (χ2n) is 8.68. The highest BCUT2D eigenvalue weighted by Crippen LogP contribution is 2.48. The normalized spacial score (nSPS) is 11.0. The van der Waals surface area contributed by atoms with Gasteiger partial charge < -0.3 is 18.9 Å². The Morgan fingerprint density at radius 2 is 1.05 bits per heavy atom. The van der Waals surface area contributed by atoms with Crippen LogP contribution in [0.3, 0.4) is 0 Å². The van der Waals surface area contributed by atoms with Gasteiger partial charge in [-0.05, 0) is 70.0 Å². The molecular formula is C27H28Br4O6. The van der Waals surface area contributed by atoms with E-state index in [1.165, 1.54) is 0 Å². The number of benzene rings is 2. The predicted octanol–water partition coefficient (Wildman–Crippen LogP) is 8.06. The maximum Gasteiger partial charge on any atom is 0.333 e. The average Bonchev–Trinajstić information content (AvgIpc) is 2.80. The predicted molar refractivity (Wildman–Crippen MR) is 158 cm³/mol. The highest BCUT2D eigenvalue weighted by molar-refractivity contribution is 9.11. The number of carbonyl (C=O) groups excluding carboxylic acids is 2. The summed E-state index contributed by atoms with van der Waals surface area (Å²) in [5, 5.41) is 0. The molecule has 0 aliphatic carbocycles. The number of carbonyl (C=O) groups is 2. The van der Waals surface area contributed by atoms with E-state index in [0.29, 0.717) is 22.6 Å². The van der Waals surface area contributed by atoms with Gasteiger partial charge in [-0.25, -0.2) is 9.59 Å². The van der Waals surface area contributed by atoms with Crippen LogP contribution < -0.4 is 9.47 Å². The van der Waals surface area contributed by atoms with Gasteiger partial charge in [0.2, 0.25) is 0 Å². The number of hydrogen-bond donors (Lipinski definition) is 0. The number of rotatable bonds is 12. The smallest absolute Gasteiger partial charge is 0.333 e. The van der Waals surface area contributed by atoms with E-state index < -0.39 is 17.4 Å². The molecule has 2 rings (SSSR count). The van der Waals surface area contributed by atoms with E-state index in [2.05, 4.69) is 90.7 Å². The van der Waals surface area contributed by atoms with E-state index in [4.69, 9.17) is 18.9 Å². The van der Waals surface area contributed by atoms with Gasteiger partial charge in [0.25, 0.3) is 0 Å². The highest BCUT2D eigenvalue weighted by atomic mass is 79.9. The Balaban J connectivity index is 2.40. The van der Waals surface area contributed by atoms with Crippen molar-refractivity contribution in [2.24, 2.45) is 0 Å². The number of esters is 2. The zero-order chi connectivity index (χ0) is 27.9. The average molecular weight is 768 g/mol. The van der Waals surface area contributed by atoms with Gasteiger partial charge >= 0.3 is 11.9 Å². The fourth-order valence-corrected chi connectivity index (χ4v) is 5.97. The molecule has 0 saturated heterocycles. The summed E-state index contributed by atoms with van der Waals surface area (Å²) in [6, 6.07) is 7.73. The minimum atomic E-state index is -0.619. The van der Waals surface area contributed by atoms with Crippen molar-refractivity contribution >= 4 is 75.7 Å². The fourth-order valence-electron chi connectivity index (χ4n) is 3.29. The van der Waals surface area contributed by atoms with Crippen LogP contribution in [-0.4, -0.2) is 38.4 Å². The van der Waals surface area contributed by atoms with Gasteiger partial charge in [-0.1, -0.05) is 58.9 Å². The van der Waals surface area contributed by atoms with Gasteiger partial charge in [0.1, 0.15) is 37.9 Å². The molecule has 10 heteroatoms. The Morgan fingerprint density at radius 1 is 0.703 bits per heavy atom. The fraction of sp³-hybridized carbons (Fsp3) is 0.333. The van der Waals surface area contributed by atoms with Gasteiger partial charge in [0.15, 0.2) is 0 Å². The summed E-state index contributed by atoms with van der Waals surface area (Å²) in [5.41, 5.74) is 1.76. The van der Waals surface area contributed by atoms with Crippen LogP contribution in [0.1, 0.15) is 38.8 Å². The lowest BCUT2D eigenvalue weighted by atomic mass is 9.77. The lowest BCUT2D eigenvalue weighted by molar-refractivity contribution is -0.140. The van der Waals surface area contributed by atoms with E-state index in [1.54, 1.807) is 13.8 Å². The first-order valence-electron chi connectivity index (χ1n) is 11.2. The molecule has 0 unspecified atom stereocenters. The molecule has 200 valence electrons. The van der Waals surface area contributed by atoms with Crippen LogP contribution in [0.5, 0.6) is 11.5 Å². The Kier molecular flexibility index (Phi) is 11.9. The van der Waals surface area contributed by atoms with Gasteiger partial charge in [-0.2, -0.15) is 0 Å². The molecule has 37 heavy (non-hydrogen) atoms. The van der Waals surface area contributed by atoms with Gasteiger partial charge in [-0.3, -0.25) is 0 Å². The molecule has 0 aliphatic heterocycles. The van der Waals surface area contributed by atoms with E-state index in [9.17, 15) is 9.59 Å². The van der Waals surface area contributed by atoms with E-state index >= 15 is 0 Å². The standard InChI is InChI=1S/C27H28Br4O6/c1-15(2)25(32)36-9-7-34-23-19(11-17(28)13-21(23)30)27(5,6)20-12-18(29)14-22(31)24(20)35-8-10-37-26(33)16(3)4/h11-14H,1,3,7-10H2,2,4-6H3. The third-order valence-electron chi connectivity index (χ3n) is 5.19. The SMILES string of the molecule is C=C(C)C(=O)OCCOc1c(Br)cc(Br)cc1C(C)(C)c1cc(Br)cc(Br)c1OCCOC(=O)C(=C)C. The molecule has 0 spiro atoms. The summed E-state index contributed by atoms with van der Waals surface area (Å²) in [6.45, 7) is 14.9. The summed E-state index contributed by atoms with van der Waals surface area (Å²) in [5.74, 6) is 0.288. The van der Waals surface area contributed by atoms with Crippen LogP contribution >= 0.6 is 63.7 Å². The zero-order valence-electron chi connectivity index (χ0n) is 21.0. The van der Waals surface area contributed by atoms with Crippen LogP contribution in [0, 0.1) is 0 Å². The van der Waals surface area contributed by atoms with Crippen LogP contribution in [0.4, 0.5) is 0 Å². The van der Waals surface area contributed by atoms with Crippen LogP contribution in [0.25, 0.3) is 0 Å². The van der Waals surface area contributed by atoms with E-state index in [-0.39, 0.29) is 26.4 Å². The van der Waals surface area contributed by atoms with Crippen molar-refractivity contribution in [2.75, 3.05) is 26.4 Å². The van der Waals surface area contributed by atoms with Crippen LogP contribution in [0.2, 0.25) is 0 Å². The highest BCUT2D eigenvalue weighted by Gasteiger charge is 2.33. The number of halogens is 4. The summed E-state index contributed by atoms with van der Waals surface area (Å²) < 4.78 is 25.7. The molecule has 0 bridgehead atoms. The Hall–Kier alpha value is -1.62. The second kappa shape index (κ2) is 14.0. The molecular weight excluding hydrogens is 740 g/mol. The molecule has 0 fully saturated rings. The van der Waals surface area contributed by atoms with Gasteiger partial charge in [0.05, 0.1) is 8.95 Å². The molecule has 0 amide bonds. The van der Waals surface area contributed by atoms with Gasteiger partial charge in [0, 0.05) is 36.6 Å². The first-order chi connectivity index (χ1) is 17.2. The summed E-state index contributed by atoms with van der Waals surface area (Å²) in [4.78, 5) is 23.4. The second-order valence-corrected chi connectivity index (χ2v) is 12.2. The van der Waals surface area contributed by atoms with E-state index in [1.807, 2.05) is 24.3 Å². The Labute approximate surface area is 251 Å². The van der Waals surface area contributed by atoms with Crippen LogP contribution in [-0.2, 0) is 24.5 Å². The van der Waals surface area contributed by atoms with Crippen molar-refractivity contribution in [1.29, 1.82) is 0 Å². The summed E-state index contributed by atoms with van der Waals surface area (Å²) >= 11 is 14.4. The molecule has 0 heterocycles. The molecule has 0 radical (unpaired) electrons. The van der Waals surface area contributed by atoms with Crippen molar-refractivity contribution in [2.45, 2.75) is 33.1 Å². The quantitative estimate of drug-likeness (QED) is 0.124. The van der Waals surface area contributed by atoms with Crippen molar-refractivity contribution < 1.29 is 28.5 Å². The first-order valence-corrected chi connectivity index (χ1v) is 14.3. The molecule has 0 aromatic heterocycles. The van der Waals surface area contributed by atoms with Gasteiger partial charge in [-0.15, -0.1) is 0 Å². The molecule has 0 aliphatic rings. The molecule has 6 nitrogen and oxygen atoms in total. The zero-order valence-corrected chi connectivity index (χ0v) is 27.4. The van der Waals surface area contributed by atoms with Crippen molar-refractivity contribution in [3.8, 4) is 11.5 Å². The molecule has 0 N–H and O–H groups in total. The van der Waals surface area contributed by atoms with Crippen LogP contribution in [0.15, 0.2) is 66.5 Å². The van der Waals surface area contributed by atoms with Crippen molar-refractivity contribution in [3.63, 3.8) is 0 Å². The summed E-state index contributed by atoms with van der Waals surface area (Å²) in [7, 11) is 0. The number of ether oxygens (including phenoxy) is 4. The monoisotopic (exact) mass is 764 g/mol. The maximum absolute atomic E-state index is 11.7. The van der Waals surface area contributed by atoms with Crippen molar-refractivity contribution in [3.05, 3.63) is 77.6 Å². The van der Waals surface area contributed by atoms with E-state index in [0.717, 1.165) is 29.0 Å². The maximum atomic E-state index is 11.7. The number of hydrogen-bond acceptors (Lipinski definition) is 6. The minimum Gasteiger partial charge on any atom is -0.489 e. The lowest BCUT2D eigenvalue weighted by Gasteiger charge is -2.31.